The summed E-state index contributed by atoms with van der Waals surface area (Å²) in [5.41, 5.74) is -0.475. The Morgan fingerprint density at radius 3 is 2.82 bits per heavy atom. The number of hydrogen-bond acceptors (Lipinski definition) is 6. The summed E-state index contributed by atoms with van der Waals surface area (Å²) in [6.07, 6.45) is 2.45. The number of nitrogens with zero attached hydrogens (tertiary/aromatic N) is 3. The number of hydrogen-bond donors (Lipinski definition) is 0. The summed E-state index contributed by atoms with van der Waals surface area (Å²) < 4.78 is 25.1. The SMILES string of the molecule is CN(C[C@@H]1COCCO1)C(=O)C[C@@]1(c2cccc(F)c2)CC(=O)N(Cc2cccnc2)C1=O. The zero-order valence-electron chi connectivity index (χ0n) is 18.4. The van der Waals surface area contributed by atoms with Crippen LogP contribution in [0.1, 0.15) is 24.0 Å². The zero-order chi connectivity index (χ0) is 23.4. The van der Waals surface area contributed by atoms with Gasteiger partial charge in [0.05, 0.1) is 37.9 Å². The lowest BCUT2D eigenvalue weighted by Gasteiger charge is -2.31. The number of benzene rings is 1. The zero-order valence-corrected chi connectivity index (χ0v) is 18.4. The van der Waals surface area contributed by atoms with Gasteiger partial charge < -0.3 is 14.4 Å². The fourth-order valence-electron chi connectivity index (χ4n) is 4.33. The van der Waals surface area contributed by atoms with Crippen LogP contribution in [-0.4, -0.2) is 72.0 Å². The minimum Gasteiger partial charge on any atom is -0.376 e. The number of likely N-dealkylation sites (N-methyl/N-ethyl adjacent to an activating group) is 1. The van der Waals surface area contributed by atoms with E-state index in [9.17, 15) is 18.8 Å². The van der Waals surface area contributed by atoms with Crippen LogP contribution in [0.5, 0.6) is 0 Å². The van der Waals surface area contributed by atoms with E-state index in [0.717, 1.165) is 4.90 Å². The fraction of sp³-hybridized carbons (Fsp3) is 0.417. The van der Waals surface area contributed by atoms with E-state index in [4.69, 9.17) is 9.47 Å². The van der Waals surface area contributed by atoms with Crippen molar-refractivity contribution in [2.75, 3.05) is 33.4 Å². The number of ether oxygens (including phenoxy) is 2. The van der Waals surface area contributed by atoms with Crippen LogP contribution < -0.4 is 0 Å². The van der Waals surface area contributed by atoms with Crippen LogP contribution in [0.3, 0.4) is 0 Å². The van der Waals surface area contributed by atoms with Gasteiger partial charge in [0.2, 0.25) is 17.7 Å². The molecule has 0 N–H and O–H groups in total. The topological polar surface area (TPSA) is 89.0 Å². The first-order valence-electron chi connectivity index (χ1n) is 10.8. The molecule has 174 valence electrons. The van der Waals surface area contributed by atoms with Crippen LogP contribution in [0.15, 0.2) is 48.8 Å². The molecule has 0 aliphatic carbocycles. The van der Waals surface area contributed by atoms with Gasteiger partial charge in [-0.15, -0.1) is 0 Å². The van der Waals surface area contributed by atoms with Gasteiger partial charge in [0, 0.05) is 38.8 Å². The van der Waals surface area contributed by atoms with Crippen molar-refractivity contribution in [1.29, 1.82) is 0 Å². The second-order valence-electron chi connectivity index (χ2n) is 8.43. The minimum atomic E-state index is -1.48. The van der Waals surface area contributed by atoms with Gasteiger partial charge in [0.25, 0.3) is 0 Å². The van der Waals surface area contributed by atoms with Gasteiger partial charge in [-0.3, -0.25) is 24.3 Å². The van der Waals surface area contributed by atoms with Gasteiger partial charge in [-0.1, -0.05) is 18.2 Å². The largest absolute Gasteiger partial charge is 0.376 e. The van der Waals surface area contributed by atoms with E-state index in [2.05, 4.69) is 4.98 Å². The molecule has 2 aromatic rings. The predicted octanol–water partition coefficient (Wildman–Crippen LogP) is 1.68. The molecular formula is C24H26FN3O5. The molecule has 1 aromatic carbocycles. The maximum Gasteiger partial charge on any atom is 0.241 e. The highest BCUT2D eigenvalue weighted by molar-refractivity contribution is 6.10. The Hall–Kier alpha value is -3.17. The van der Waals surface area contributed by atoms with E-state index in [-0.39, 0.29) is 31.4 Å². The lowest BCUT2D eigenvalue weighted by Crippen LogP contribution is -2.45. The van der Waals surface area contributed by atoms with Gasteiger partial charge in [-0.05, 0) is 29.3 Å². The van der Waals surface area contributed by atoms with Crippen molar-refractivity contribution < 1.29 is 28.2 Å². The van der Waals surface area contributed by atoms with Gasteiger partial charge in [-0.2, -0.15) is 0 Å². The average Bonchev–Trinajstić information content (AvgIpc) is 3.05. The summed E-state index contributed by atoms with van der Waals surface area (Å²) in [7, 11) is 1.62. The monoisotopic (exact) mass is 455 g/mol. The maximum atomic E-state index is 14.1. The number of halogens is 1. The summed E-state index contributed by atoms with van der Waals surface area (Å²) in [6.45, 7) is 1.68. The summed E-state index contributed by atoms with van der Waals surface area (Å²) in [6, 6.07) is 9.05. The number of amides is 3. The highest BCUT2D eigenvalue weighted by Crippen LogP contribution is 2.41. The molecule has 0 unspecified atom stereocenters. The van der Waals surface area contributed by atoms with Crippen LogP contribution in [0.2, 0.25) is 0 Å². The average molecular weight is 455 g/mol. The van der Waals surface area contributed by atoms with Crippen LogP contribution in [0.25, 0.3) is 0 Å². The summed E-state index contributed by atoms with van der Waals surface area (Å²) in [5, 5.41) is 0. The molecule has 0 radical (unpaired) electrons. The number of likely N-dealkylation sites (tertiary alicyclic amines) is 1. The molecule has 2 aliphatic rings. The van der Waals surface area contributed by atoms with Crippen molar-refractivity contribution in [3.8, 4) is 0 Å². The van der Waals surface area contributed by atoms with E-state index < -0.39 is 23.0 Å². The lowest BCUT2D eigenvalue weighted by molar-refractivity contribution is -0.144. The first kappa shape index (κ1) is 23.0. The van der Waals surface area contributed by atoms with Crippen molar-refractivity contribution in [2.45, 2.75) is 30.9 Å². The molecule has 3 amide bonds. The first-order chi connectivity index (χ1) is 15.9. The van der Waals surface area contributed by atoms with Gasteiger partial charge in [-0.25, -0.2) is 4.39 Å². The molecule has 0 bridgehead atoms. The highest BCUT2D eigenvalue weighted by Gasteiger charge is 2.54. The minimum absolute atomic E-state index is 0.0415. The van der Waals surface area contributed by atoms with Crippen molar-refractivity contribution in [2.24, 2.45) is 0 Å². The number of carbonyl (C=O) groups excluding carboxylic acids is 3. The van der Waals surface area contributed by atoms with E-state index >= 15 is 0 Å². The summed E-state index contributed by atoms with van der Waals surface area (Å²) in [5.74, 6) is -1.79. The lowest BCUT2D eigenvalue weighted by atomic mass is 9.75. The third-order valence-electron chi connectivity index (χ3n) is 6.09. The molecule has 3 heterocycles. The van der Waals surface area contributed by atoms with Crippen molar-refractivity contribution in [3.05, 3.63) is 65.7 Å². The summed E-state index contributed by atoms with van der Waals surface area (Å²) in [4.78, 5) is 46.4. The molecule has 33 heavy (non-hydrogen) atoms. The van der Waals surface area contributed by atoms with E-state index in [0.29, 0.717) is 37.5 Å². The second kappa shape index (κ2) is 9.76. The van der Waals surface area contributed by atoms with Gasteiger partial charge >= 0.3 is 0 Å². The number of aromatic nitrogens is 1. The van der Waals surface area contributed by atoms with Crippen molar-refractivity contribution >= 4 is 17.7 Å². The normalized spacial score (nSPS) is 23.1. The van der Waals surface area contributed by atoms with Crippen LogP contribution in [-0.2, 0) is 35.8 Å². The molecule has 1 aromatic heterocycles. The molecule has 2 aliphatic heterocycles. The second-order valence-corrected chi connectivity index (χ2v) is 8.43. The molecule has 0 spiro atoms. The Kier molecular flexibility index (Phi) is 6.80. The Balaban J connectivity index is 1.60. The Labute approximate surface area is 191 Å². The molecule has 9 heteroatoms. The quantitative estimate of drug-likeness (QED) is 0.591. The van der Waals surface area contributed by atoms with Gasteiger partial charge in [0.15, 0.2) is 0 Å². The Morgan fingerprint density at radius 2 is 2.12 bits per heavy atom. The molecule has 2 saturated heterocycles. The standard InChI is InChI=1S/C24H26FN3O5/c1-27(15-20-16-32-8-9-33-20)21(29)11-24(18-5-2-6-19(25)10-18)12-22(30)28(23(24)31)14-17-4-3-7-26-13-17/h2-7,10,13,20H,8-9,11-12,14-16H2,1H3/t20-,24+/m1/s1. The molecule has 4 rings (SSSR count). The molecule has 0 saturated carbocycles. The molecule has 2 atom stereocenters. The van der Waals surface area contributed by atoms with Crippen LogP contribution in [0.4, 0.5) is 4.39 Å². The predicted molar refractivity (Wildman–Crippen MR) is 115 cm³/mol. The first-order valence-corrected chi connectivity index (χ1v) is 10.8. The van der Waals surface area contributed by atoms with Crippen molar-refractivity contribution in [3.63, 3.8) is 0 Å². The Bertz CT molecular complexity index is 1030. The number of carbonyl (C=O) groups is 3. The third-order valence-corrected chi connectivity index (χ3v) is 6.09. The number of imide groups is 1. The summed E-state index contributed by atoms with van der Waals surface area (Å²) >= 11 is 0. The van der Waals surface area contributed by atoms with E-state index in [1.165, 1.54) is 23.1 Å². The molecule has 2 fully saturated rings. The van der Waals surface area contributed by atoms with Crippen molar-refractivity contribution in [1.82, 2.24) is 14.8 Å². The third kappa shape index (κ3) is 4.94. The molecule has 8 nitrogen and oxygen atoms in total. The van der Waals surface area contributed by atoms with Gasteiger partial charge in [0.1, 0.15) is 5.82 Å². The van der Waals surface area contributed by atoms with Crippen LogP contribution >= 0.6 is 0 Å². The number of pyridine rings is 1. The smallest absolute Gasteiger partial charge is 0.241 e. The van der Waals surface area contributed by atoms with E-state index in [1.807, 2.05) is 0 Å². The van der Waals surface area contributed by atoms with Crippen LogP contribution in [0, 0.1) is 5.82 Å². The highest BCUT2D eigenvalue weighted by atomic mass is 19.1. The number of rotatable bonds is 7. The van der Waals surface area contributed by atoms with E-state index in [1.54, 1.807) is 37.6 Å². The maximum absolute atomic E-state index is 14.1. The molecular weight excluding hydrogens is 429 g/mol. The fourth-order valence-corrected chi connectivity index (χ4v) is 4.33. The Morgan fingerprint density at radius 1 is 1.27 bits per heavy atom.